The number of nitroso groups, excluding NO2 is 1. The van der Waals surface area contributed by atoms with Crippen molar-refractivity contribution >= 4 is 21.6 Å². The van der Waals surface area contributed by atoms with Crippen LogP contribution in [-0.4, -0.2) is 4.98 Å². The van der Waals surface area contributed by atoms with Crippen molar-refractivity contribution in [3.8, 4) is 5.75 Å². The van der Waals surface area contributed by atoms with Gasteiger partial charge in [-0.25, -0.2) is 4.39 Å². The van der Waals surface area contributed by atoms with E-state index in [0.29, 0.717) is 5.75 Å². The Kier molecular flexibility index (Phi) is 3.99. The number of halogens is 2. The molecule has 4 nitrogen and oxygen atoms in total. The van der Waals surface area contributed by atoms with Crippen LogP contribution in [0.15, 0.2) is 46.2 Å². The van der Waals surface area contributed by atoms with Crippen LogP contribution in [0.3, 0.4) is 0 Å². The van der Waals surface area contributed by atoms with Crippen molar-refractivity contribution in [2.75, 3.05) is 0 Å². The van der Waals surface area contributed by atoms with Crippen LogP contribution in [0.2, 0.25) is 0 Å². The molecule has 0 atom stereocenters. The maximum Gasteiger partial charge on any atom is 0.170 e. The monoisotopic (exact) mass is 310 g/mol. The molecule has 18 heavy (non-hydrogen) atoms. The van der Waals surface area contributed by atoms with Crippen LogP contribution in [0, 0.1) is 10.7 Å². The minimum Gasteiger partial charge on any atom is -0.486 e. The first-order valence-electron chi connectivity index (χ1n) is 5.06. The van der Waals surface area contributed by atoms with Gasteiger partial charge in [-0.1, -0.05) is 6.07 Å². The first-order valence-corrected chi connectivity index (χ1v) is 5.85. The minimum absolute atomic E-state index is 0.0792. The molecule has 0 radical (unpaired) electrons. The highest BCUT2D eigenvalue weighted by molar-refractivity contribution is 9.10. The van der Waals surface area contributed by atoms with Gasteiger partial charge in [-0.3, -0.25) is 4.98 Å². The average molecular weight is 311 g/mol. The molecule has 2 aromatic rings. The number of hydrogen-bond acceptors (Lipinski definition) is 4. The molecule has 0 N–H and O–H groups in total. The van der Waals surface area contributed by atoms with Crippen molar-refractivity contribution < 1.29 is 9.13 Å². The summed E-state index contributed by atoms with van der Waals surface area (Å²) in [5, 5.41) is 2.57. The SMILES string of the molecule is O=Nc1ccc(OCc2ccccn2)c(Br)c1F. The highest BCUT2D eigenvalue weighted by Gasteiger charge is 2.12. The lowest BCUT2D eigenvalue weighted by molar-refractivity contribution is 0.297. The topological polar surface area (TPSA) is 51.5 Å². The number of nitrogens with zero attached hydrogens (tertiary/aromatic N) is 2. The van der Waals surface area contributed by atoms with Crippen molar-refractivity contribution in [1.82, 2.24) is 4.98 Å². The first-order chi connectivity index (χ1) is 8.72. The molecule has 0 aliphatic carbocycles. The van der Waals surface area contributed by atoms with Gasteiger partial charge in [0.2, 0.25) is 0 Å². The zero-order chi connectivity index (χ0) is 13.0. The van der Waals surface area contributed by atoms with E-state index in [2.05, 4.69) is 26.1 Å². The quantitative estimate of drug-likeness (QED) is 0.803. The van der Waals surface area contributed by atoms with Gasteiger partial charge in [0, 0.05) is 6.20 Å². The molecule has 0 spiro atoms. The third-order valence-electron chi connectivity index (χ3n) is 2.23. The Hall–Kier alpha value is -1.82. The number of ether oxygens (including phenoxy) is 1. The van der Waals surface area contributed by atoms with E-state index in [1.807, 2.05) is 6.07 Å². The van der Waals surface area contributed by atoms with Gasteiger partial charge < -0.3 is 4.74 Å². The fraction of sp³-hybridized carbons (Fsp3) is 0.0833. The zero-order valence-electron chi connectivity index (χ0n) is 9.14. The first kappa shape index (κ1) is 12.6. The summed E-state index contributed by atoms with van der Waals surface area (Å²) in [5.74, 6) is -0.436. The van der Waals surface area contributed by atoms with Crippen LogP contribution in [0.5, 0.6) is 5.75 Å². The molecular weight excluding hydrogens is 303 g/mol. The number of hydrogen-bond donors (Lipinski definition) is 0. The smallest absolute Gasteiger partial charge is 0.170 e. The van der Waals surface area contributed by atoms with Crippen LogP contribution < -0.4 is 4.74 Å². The van der Waals surface area contributed by atoms with Gasteiger partial charge in [0.25, 0.3) is 0 Å². The molecule has 1 aromatic heterocycles. The normalized spacial score (nSPS) is 10.1. The summed E-state index contributed by atoms with van der Waals surface area (Å²) in [4.78, 5) is 14.4. The Labute approximate surface area is 111 Å². The van der Waals surface area contributed by atoms with Crippen LogP contribution in [0.1, 0.15) is 5.69 Å². The maximum atomic E-state index is 13.6. The highest BCUT2D eigenvalue weighted by Crippen LogP contribution is 2.33. The fourth-order valence-electron chi connectivity index (χ4n) is 1.34. The Morgan fingerprint density at radius 3 is 2.83 bits per heavy atom. The van der Waals surface area contributed by atoms with E-state index in [4.69, 9.17) is 4.74 Å². The molecule has 0 aliphatic rings. The van der Waals surface area contributed by atoms with E-state index < -0.39 is 5.82 Å². The summed E-state index contributed by atoms with van der Waals surface area (Å²) in [6.07, 6.45) is 1.65. The van der Waals surface area contributed by atoms with Gasteiger partial charge in [0.05, 0.1) is 10.2 Å². The number of benzene rings is 1. The van der Waals surface area contributed by atoms with Gasteiger partial charge >= 0.3 is 0 Å². The predicted octanol–water partition coefficient (Wildman–Crippen LogP) is 3.96. The van der Waals surface area contributed by atoms with Crippen molar-refractivity contribution in [1.29, 1.82) is 0 Å². The van der Waals surface area contributed by atoms with Gasteiger partial charge in [-0.2, -0.15) is 0 Å². The van der Waals surface area contributed by atoms with E-state index >= 15 is 0 Å². The summed E-state index contributed by atoms with van der Waals surface area (Å²) in [6.45, 7) is 0.215. The minimum atomic E-state index is -0.733. The summed E-state index contributed by atoms with van der Waals surface area (Å²) in [6, 6.07) is 8.17. The molecule has 0 amide bonds. The van der Waals surface area contributed by atoms with Gasteiger partial charge in [-0.15, -0.1) is 4.91 Å². The number of pyridine rings is 1. The molecule has 0 bridgehead atoms. The molecule has 0 saturated carbocycles. The summed E-state index contributed by atoms with van der Waals surface area (Å²) in [7, 11) is 0. The second kappa shape index (κ2) is 5.68. The third kappa shape index (κ3) is 2.70. The summed E-state index contributed by atoms with van der Waals surface area (Å²) >= 11 is 3.03. The lowest BCUT2D eigenvalue weighted by Gasteiger charge is -2.08. The van der Waals surface area contributed by atoms with E-state index in [1.165, 1.54) is 12.1 Å². The van der Waals surface area contributed by atoms with Gasteiger partial charge in [0.15, 0.2) is 5.82 Å². The van der Waals surface area contributed by atoms with Gasteiger partial charge in [-0.05, 0) is 45.4 Å². The predicted molar refractivity (Wildman–Crippen MR) is 68.1 cm³/mol. The van der Waals surface area contributed by atoms with Crippen molar-refractivity contribution in [2.24, 2.45) is 5.18 Å². The fourth-order valence-corrected chi connectivity index (χ4v) is 1.79. The van der Waals surface area contributed by atoms with E-state index in [1.54, 1.807) is 18.3 Å². The number of rotatable bonds is 4. The summed E-state index contributed by atoms with van der Waals surface area (Å²) in [5.41, 5.74) is 0.467. The molecule has 0 fully saturated rings. The number of aromatic nitrogens is 1. The molecule has 92 valence electrons. The summed E-state index contributed by atoms with van der Waals surface area (Å²) < 4.78 is 19.0. The third-order valence-corrected chi connectivity index (χ3v) is 2.97. The maximum absolute atomic E-state index is 13.6. The van der Waals surface area contributed by atoms with Gasteiger partial charge in [0.1, 0.15) is 18.0 Å². The standard InChI is InChI=1S/C12H8BrFN2O2/c13-11-10(5-4-9(16-17)12(11)14)18-7-8-3-1-2-6-15-8/h1-6H,7H2. The average Bonchev–Trinajstić information content (AvgIpc) is 2.42. The molecular formula is C12H8BrFN2O2. The second-order valence-electron chi connectivity index (χ2n) is 3.41. The van der Waals surface area contributed by atoms with Crippen molar-refractivity contribution in [2.45, 2.75) is 6.61 Å². The molecule has 0 aliphatic heterocycles. The molecule has 1 heterocycles. The molecule has 1 aromatic carbocycles. The lowest BCUT2D eigenvalue weighted by atomic mass is 10.3. The Bertz CT molecular complexity index is 564. The van der Waals surface area contributed by atoms with Crippen LogP contribution in [0.4, 0.5) is 10.1 Å². The van der Waals surface area contributed by atoms with E-state index in [0.717, 1.165) is 5.69 Å². The molecule has 0 saturated heterocycles. The highest BCUT2D eigenvalue weighted by atomic mass is 79.9. The van der Waals surface area contributed by atoms with E-state index in [-0.39, 0.29) is 16.8 Å². The molecule has 2 rings (SSSR count). The van der Waals surface area contributed by atoms with Crippen LogP contribution >= 0.6 is 15.9 Å². The largest absolute Gasteiger partial charge is 0.486 e. The lowest BCUT2D eigenvalue weighted by Crippen LogP contribution is -1.98. The molecule has 6 heteroatoms. The Balaban J connectivity index is 2.15. The van der Waals surface area contributed by atoms with Crippen LogP contribution in [0.25, 0.3) is 0 Å². The Morgan fingerprint density at radius 2 is 2.17 bits per heavy atom. The molecule has 0 unspecified atom stereocenters. The van der Waals surface area contributed by atoms with Crippen molar-refractivity contribution in [3.05, 3.63) is 57.4 Å². The Morgan fingerprint density at radius 1 is 1.33 bits per heavy atom. The van der Waals surface area contributed by atoms with Crippen LogP contribution in [-0.2, 0) is 6.61 Å². The van der Waals surface area contributed by atoms with Crippen molar-refractivity contribution in [3.63, 3.8) is 0 Å². The second-order valence-corrected chi connectivity index (χ2v) is 4.20. The zero-order valence-corrected chi connectivity index (χ0v) is 10.7. The van der Waals surface area contributed by atoms with E-state index in [9.17, 15) is 9.30 Å².